The van der Waals surface area contributed by atoms with Gasteiger partial charge in [0.25, 0.3) is 0 Å². The maximum Gasteiger partial charge on any atom is 0.0898 e. The first kappa shape index (κ1) is 13.7. The van der Waals surface area contributed by atoms with Crippen LogP contribution >= 0.6 is 0 Å². The molecule has 1 spiro atoms. The second-order valence-corrected chi connectivity index (χ2v) is 8.50. The fourth-order valence-electron chi connectivity index (χ4n) is 4.99. The summed E-state index contributed by atoms with van der Waals surface area (Å²) in [5, 5.41) is 0. The van der Waals surface area contributed by atoms with Gasteiger partial charge in [0.05, 0.1) is 11.7 Å². The van der Waals surface area contributed by atoms with Gasteiger partial charge in [0.15, 0.2) is 0 Å². The van der Waals surface area contributed by atoms with Crippen molar-refractivity contribution in [2.24, 2.45) is 23.2 Å². The van der Waals surface area contributed by atoms with Gasteiger partial charge in [-0.25, -0.2) is 0 Å². The Morgan fingerprint density at radius 1 is 1.26 bits per heavy atom. The van der Waals surface area contributed by atoms with Crippen LogP contribution in [-0.4, -0.2) is 11.7 Å². The predicted octanol–water partition coefficient (Wildman–Crippen LogP) is 4.96. The van der Waals surface area contributed by atoms with Crippen LogP contribution in [0.15, 0.2) is 12.2 Å². The highest BCUT2D eigenvalue weighted by atomic mass is 16.5. The monoisotopic (exact) mass is 262 g/mol. The fourth-order valence-corrected chi connectivity index (χ4v) is 4.99. The van der Waals surface area contributed by atoms with Gasteiger partial charge in [0, 0.05) is 0 Å². The molecule has 1 heterocycles. The molecule has 0 amide bonds. The molecule has 1 nitrogen and oxygen atoms in total. The van der Waals surface area contributed by atoms with Crippen molar-refractivity contribution in [2.75, 3.05) is 0 Å². The van der Waals surface area contributed by atoms with E-state index in [9.17, 15) is 0 Å². The van der Waals surface area contributed by atoms with Gasteiger partial charge in [-0.3, -0.25) is 0 Å². The lowest BCUT2D eigenvalue weighted by molar-refractivity contribution is -0.0697. The third kappa shape index (κ3) is 2.51. The fraction of sp³-hybridized carbons (Fsp3) is 0.889. The van der Waals surface area contributed by atoms with E-state index < -0.39 is 0 Å². The topological polar surface area (TPSA) is 9.23 Å². The lowest BCUT2D eigenvalue weighted by atomic mass is 9.67. The van der Waals surface area contributed by atoms with Crippen LogP contribution in [0, 0.1) is 23.2 Å². The first-order chi connectivity index (χ1) is 8.90. The highest BCUT2D eigenvalue weighted by Gasteiger charge is 2.54. The number of fused-ring (bicyclic) bond motifs is 1. The highest BCUT2D eigenvalue weighted by molar-refractivity contribution is 5.16. The molecule has 108 valence electrons. The molecule has 1 saturated heterocycles. The summed E-state index contributed by atoms with van der Waals surface area (Å²) in [7, 11) is 0. The third-order valence-electron chi connectivity index (χ3n) is 5.56. The summed E-state index contributed by atoms with van der Waals surface area (Å²) in [6, 6.07) is 0. The summed E-state index contributed by atoms with van der Waals surface area (Å²) >= 11 is 0. The highest BCUT2D eigenvalue weighted by Crippen LogP contribution is 2.54. The van der Waals surface area contributed by atoms with Gasteiger partial charge in [-0.1, -0.05) is 39.8 Å². The minimum absolute atomic E-state index is 0.137. The molecule has 3 rings (SSSR count). The first-order valence-electron chi connectivity index (χ1n) is 8.25. The zero-order valence-electron chi connectivity index (χ0n) is 13.1. The van der Waals surface area contributed by atoms with E-state index in [4.69, 9.17) is 4.74 Å². The molecule has 2 fully saturated rings. The zero-order chi connectivity index (χ0) is 13.7. The van der Waals surface area contributed by atoms with Crippen LogP contribution in [0.3, 0.4) is 0 Å². The normalized spacial score (nSPS) is 43.1. The van der Waals surface area contributed by atoms with E-state index in [1.165, 1.54) is 38.5 Å². The van der Waals surface area contributed by atoms with Crippen molar-refractivity contribution in [3.63, 3.8) is 0 Å². The van der Waals surface area contributed by atoms with Crippen LogP contribution in [0.5, 0.6) is 0 Å². The Labute approximate surface area is 118 Å². The molecule has 19 heavy (non-hydrogen) atoms. The lowest BCUT2D eigenvalue weighted by Gasteiger charge is -2.39. The Morgan fingerprint density at radius 2 is 2.05 bits per heavy atom. The van der Waals surface area contributed by atoms with Gasteiger partial charge < -0.3 is 4.74 Å². The van der Waals surface area contributed by atoms with Crippen molar-refractivity contribution in [1.29, 1.82) is 0 Å². The van der Waals surface area contributed by atoms with Crippen LogP contribution < -0.4 is 0 Å². The van der Waals surface area contributed by atoms with E-state index in [2.05, 4.69) is 39.8 Å². The molecule has 2 bridgehead atoms. The second kappa shape index (κ2) is 4.62. The summed E-state index contributed by atoms with van der Waals surface area (Å²) in [6.07, 6.45) is 13.3. The number of hydrogen-bond donors (Lipinski definition) is 0. The SMILES string of the molecule is CC(CC(C)(C)C)C1OC23C=CCCC2CCC1C3. The van der Waals surface area contributed by atoms with E-state index in [0.29, 0.717) is 17.4 Å². The third-order valence-corrected chi connectivity index (χ3v) is 5.56. The molecule has 1 heteroatoms. The predicted molar refractivity (Wildman–Crippen MR) is 80.0 cm³/mol. The van der Waals surface area contributed by atoms with E-state index >= 15 is 0 Å². The molecule has 0 aromatic heterocycles. The number of rotatable bonds is 2. The summed E-state index contributed by atoms with van der Waals surface area (Å²) < 4.78 is 6.70. The molecule has 5 atom stereocenters. The molecular formula is C18H30O. The van der Waals surface area contributed by atoms with Crippen LogP contribution in [-0.2, 0) is 4.74 Å². The van der Waals surface area contributed by atoms with Crippen molar-refractivity contribution in [2.45, 2.75) is 77.9 Å². The van der Waals surface area contributed by atoms with Crippen molar-refractivity contribution in [3.8, 4) is 0 Å². The Morgan fingerprint density at radius 3 is 2.79 bits per heavy atom. The molecule has 0 radical (unpaired) electrons. The standard InChI is InChI=1S/C18H30O/c1-13(11-17(2,3)4)16-14-8-9-15-7-5-6-10-18(15,12-14)19-16/h6,10,13-16H,5,7-9,11-12H2,1-4H3. The molecule has 3 aliphatic rings. The maximum atomic E-state index is 6.70. The van der Waals surface area contributed by atoms with Gasteiger partial charge in [-0.05, 0) is 61.7 Å². The molecule has 1 saturated carbocycles. The van der Waals surface area contributed by atoms with E-state index in [1.54, 1.807) is 0 Å². The second-order valence-electron chi connectivity index (χ2n) is 8.50. The molecule has 2 aliphatic carbocycles. The summed E-state index contributed by atoms with van der Waals surface area (Å²) in [4.78, 5) is 0. The minimum Gasteiger partial charge on any atom is -0.367 e. The van der Waals surface area contributed by atoms with Crippen LogP contribution in [0.25, 0.3) is 0 Å². The van der Waals surface area contributed by atoms with Crippen molar-refractivity contribution < 1.29 is 4.74 Å². The molecule has 0 aromatic carbocycles. The Kier molecular flexibility index (Phi) is 3.32. The first-order valence-corrected chi connectivity index (χ1v) is 8.25. The summed E-state index contributed by atoms with van der Waals surface area (Å²) in [6.45, 7) is 9.47. The van der Waals surface area contributed by atoms with E-state index in [1.807, 2.05) is 0 Å². The number of allylic oxidation sites excluding steroid dienone is 1. The van der Waals surface area contributed by atoms with Gasteiger partial charge in [-0.15, -0.1) is 0 Å². The van der Waals surface area contributed by atoms with E-state index in [-0.39, 0.29) is 5.60 Å². The largest absolute Gasteiger partial charge is 0.367 e. The molecule has 0 aromatic rings. The van der Waals surface area contributed by atoms with Gasteiger partial charge >= 0.3 is 0 Å². The average molecular weight is 262 g/mol. The Balaban J connectivity index is 1.76. The quantitative estimate of drug-likeness (QED) is 0.639. The van der Waals surface area contributed by atoms with Gasteiger partial charge in [-0.2, -0.15) is 0 Å². The minimum atomic E-state index is 0.137. The van der Waals surface area contributed by atoms with Crippen molar-refractivity contribution in [3.05, 3.63) is 12.2 Å². The van der Waals surface area contributed by atoms with Crippen molar-refractivity contribution in [1.82, 2.24) is 0 Å². The molecular weight excluding hydrogens is 232 g/mol. The zero-order valence-corrected chi connectivity index (χ0v) is 13.1. The van der Waals surface area contributed by atoms with Gasteiger partial charge in [0.2, 0.25) is 0 Å². The van der Waals surface area contributed by atoms with Gasteiger partial charge in [0.1, 0.15) is 0 Å². The summed E-state index contributed by atoms with van der Waals surface area (Å²) in [5.41, 5.74) is 0.552. The molecule has 1 aliphatic heterocycles. The smallest absolute Gasteiger partial charge is 0.0898 e. The van der Waals surface area contributed by atoms with E-state index in [0.717, 1.165) is 11.8 Å². The van der Waals surface area contributed by atoms with Crippen molar-refractivity contribution >= 4 is 0 Å². The Hall–Kier alpha value is -0.300. The van der Waals surface area contributed by atoms with Crippen LogP contribution in [0.4, 0.5) is 0 Å². The Bertz CT molecular complexity index is 364. The number of ether oxygens (including phenoxy) is 1. The van der Waals surface area contributed by atoms with Crippen LogP contribution in [0.1, 0.15) is 66.2 Å². The summed E-state index contributed by atoms with van der Waals surface area (Å²) in [5.74, 6) is 2.32. The lowest BCUT2D eigenvalue weighted by Crippen LogP contribution is -2.39. The maximum absolute atomic E-state index is 6.70. The molecule has 0 N–H and O–H groups in total. The average Bonchev–Trinajstić information content (AvgIpc) is 2.59. The van der Waals surface area contributed by atoms with Crippen LogP contribution in [0.2, 0.25) is 0 Å². The number of hydrogen-bond acceptors (Lipinski definition) is 1. The molecule has 5 unspecified atom stereocenters.